The third-order valence-corrected chi connectivity index (χ3v) is 4.99. The van der Waals surface area contributed by atoms with Gasteiger partial charge < -0.3 is 5.32 Å². The van der Waals surface area contributed by atoms with Gasteiger partial charge in [0.15, 0.2) is 0 Å². The van der Waals surface area contributed by atoms with Crippen LogP contribution < -0.4 is 10.0 Å². The number of sulfonamides is 1. The molecule has 0 fully saturated rings. The molecule has 2 aromatic carbocycles. The molecule has 0 saturated heterocycles. The van der Waals surface area contributed by atoms with Crippen molar-refractivity contribution in [2.45, 2.75) is 4.90 Å². The Kier molecular flexibility index (Phi) is 5.88. The fourth-order valence-corrected chi connectivity index (χ4v) is 3.61. The first-order valence-electron chi connectivity index (χ1n) is 6.81. The molecule has 0 bridgehead atoms. The molecule has 0 heterocycles. The summed E-state index contributed by atoms with van der Waals surface area (Å²) in [5.41, 5.74) is 0.298. The molecule has 0 aromatic heterocycles. The largest absolute Gasteiger partial charge is 0.349 e. The van der Waals surface area contributed by atoms with E-state index in [1.807, 2.05) is 0 Å². The molecular weight excluding hydrogens is 371 g/mol. The maximum atomic E-state index is 12.5. The standard InChI is InChI=1S/C16H14Cl2N2O3S/c1-2-9-19-16(21)11-5-3-6-12(10-11)24(22,23)20-15-13(17)7-4-8-14(15)18/h2-8,10,20H,1,9H2,(H,19,21). The quantitative estimate of drug-likeness (QED) is 0.745. The fraction of sp³-hybridized carbons (Fsp3) is 0.0625. The van der Waals surface area contributed by atoms with Crippen LogP contribution in [0.5, 0.6) is 0 Å². The fourth-order valence-electron chi connectivity index (χ4n) is 1.86. The zero-order chi connectivity index (χ0) is 17.7. The van der Waals surface area contributed by atoms with Crippen molar-refractivity contribution in [3.05, 3.63) is 70.7 Å². The minimum Gasteiger partial charge on any atom is -0.349 e. The number of carbonyl (C=O) groups excluding carboxylic acids is 1. The van der Waals surface area contributed by atoms with E-state index in [1.165, 1.54) is 42.5 Å². The number of para-hydroxylation sites is 1. The zero-order valence-corrected chi connectivity index (χ0v) is 14.8. The summed E-state index contributed by atoms with van der Waals surface area (Å²) in [4.78, 5) is 11.9. The summed E-state index contributed by atoms with van der Waals surface area (Å²) in [6, 6.07) is 10.3. The molecule has 0 atom stereocenters. The van der Waals surface area contributed by atoms with Crippen LogP contribution in [0.25, 0.3) is 0 Å². The van der Waals surface area contributed by atoms with Crippen LogP contribution in [0.15, 0.2) is 60.0 Å². The number of anilines is 1. The second kappa shape index (κ2) is 7.70. The van der Waals surface area contributed by atoms with Gasteiger partial charge in [-0.25, -0.2) is 8.42 Å². The predicted octanol–water partition coefficient (Wildman–Crippen LogP) is 3.71. The molecule has 2 N–H and O–H groups in total. The van der Waals surface area contributed by atoms with Crippen LogP contribution in [0.3, 0.4) is 0 Å². The number of amides is 1. The van der Waals surface area contributed by atoms with E-state index in [2.05, 4.69) is 16.6 Å². The smallest absolute Gasteiger partial charge is 0.262 e. The zero-order valence-electron chi connectivity index (χ0n) is 12.4. The molecule has 126 valence electrons. The number of carbonyl (C=O) groups is 1. The summed E-state index contributed by atoms with van der Waals surface area (Å²) in [5.74, 6) is -0.400. The molecule has 8 heteroatoms. The van der Waals surface area contributed by atoms with Gasteiger partial charge in [-0.05, 0) is 30.3 Å². The number of hydrogen-bond acceptors (Lipinski definition) is 3. The SMILES string of the molecule is C=CCNC(=O)c1cccc(S(=O)(=O)Nc2c(Cl)cccc2Cl)c1. The lowest BCUT2D eigenvalue weighted by molar-refractivity contribution is 0.0958. The van der Waals surface area contributed by atoms with E-state index in [1.54, 1.807) is 6.07 Å². The Morgan fingerprint density at radius 2 is 1.75 bits per heavy atom. The normalized spacial score (nSPS) is 10.9. The number of nitrogens with one attached hydrogen (secondary N) is 2. The van der Waals surface area contributed by atoms with Gasteiger partial charge in [-0.1, -0.05) is 41.4 Å². The minimum absolute atomic E-state index is 0.0789. The molecule has 5 nitrogen and oxygen atoms in total. The summed E-state index contributed by atoms with van der Waals surface area (Å²) >= 11 is 12.0. The van der Waals surface area contributed by atoms with Crippen LogP contribution >= 0.6 is 23.2 Å². The van der Waals surface area contributed by atoms with Crippen molar-refractivity contribution >= 4 is 44.8 Å². The van der Waals surface area contributed by atoms with Gasteiger partial charge in [0.1, 0.15) is 0 Å². The summed E-state index contributed by atoms with van der Waals surface area (Å²) < 4.78 is 27.4. The average molecular weight is 385 g/mol. The molecule has 1 amide bonds. The van der Waals surface area contributed by atoms with Crippen LogP contribution in [0.2, 0.25) is 10.0 Å². The van der Waals surface area contributed by atoms with Crippen molar-refractivity contribution in [1.29, 1.82) is 0 Å². The summed E-state index contributed by atoms with van der Waals surface area (Å²) in [7, 11) is -3.95. The Morgan fingerprint density at radius 3 is 2.38 bits per heavy atom. The van der Waals surface area contributed by atoms with Crippen molar-refractivity contribution in [1.82, 2.24) is 5.32 Å². The number of hydrogen-bond donors (Lipinski definition) is 2. The van der Waals surface area contributed by atoms with Crippen LogP contribution in [-0.4, -0.2) is 20.9 Å². The lowest BCUT2D eigenvalue weighted by Gasteiger charge is -2.12. The number of rotatable bonds is 6. The molecule has 0 aliphatic rings. The molecule has 0 saturated carbocycles. The third-order valence-electron chi connectivity index (χ3n) is 3.01. The highest BCUT2D eigenvalue weighted by molar-refractivity contribution is 7.92. The van der Waals surface area contributed by atoms with E-state index in [-0.39, 0.29) is 32.7 Å². The van der Waals surface area contributed by atoms with Gasteiger partial charge >= 0.3 is 0 Å². The van der Waals surface area contributed by atoms with E-state index >= 15 is 0 Å². The maximum absolute atomic E-state index is 12.5. The molecule has 2 rings (SSSR count). The van der Waals surface area contributed by atoms with Crippen molar-refractivity contribution in [2.75, 3.05) is 11.3 Å². The van der Waals surface area contributed by atoms with Crippen LogP contribution in [0, 0.1) is 0 Å². The van der Waals surface area contributed by atoms with Crippen molar-refractivity contribution in [2.24, 2.45) is 0 Å². The van der Waals surface area contributed by atoms with Gasteiger partial charge in [-0.15, -0.1) is 6.58 Å². The molecular formula is C16H14Cl2N2O3S. The van der Waals surface area contributed by atoms with Gasteiger partial charge in [0.2, 0.25) is 0 Å². The predicted molar refractivity (Wildman–Crippen MR) is 96.2 cm³/mol. The highest BCUT2D eigenvalue weighted by Crippen LogP contribution is 2.31. The van der Waals surface area contributed by atoms with Gasteiger partial charge in [0.25, 0.3) is 15.9 Å². The monoisotopic (exact) mass is 384 g/mol. The second-order valence-corrected chi connectivity index (χ2v) is 7.23. The number of benzene rings is 2. The van der Waals surface area contributed by atoms with E-state index in [9.17, 15) is 13.2 Å². The Morgan fingerprint density at radius 1 is 1.12 bits per heavy atom. The first-order valence-corrected chi connectivity index (χ1v) is 9.05. The first kappa shape index (κ1) is 18.3. The molecule has 0 aliphatic heterocycles. The van der Waals surface area contributed by atoms with Gasteiger partial charge in [-0.2, -0.15) is 0 Å². The third kappa shape index (κ3) is 4.29. The summed E-state index contributed by atoms with van der Waals surface area (Å²) in [5, 5.41) is 2.93. The highest BCUT2D eigenvalue weighted by Gasteiger charge is 2.19. The average Bonchev–Trinajstić information content (AvgIpc) is 2.56. The molecule has 0 unspecified atom stereocenters. The van der Waals surface area contributed by atoms with E-state index in [4.69, 9.17) is 23.2 Å². The summed E-state index contributed by atoms with van der Waals surface area (Å²) in [6.07, 6.45) is 1.53. The Balaban J connectivity index is 2.33. The van der Waals surface area contributed by atoms with E-state index in [0.29, 0.717) is 0 Å². The molecule has 24 heavy (non-hydrogen) atoms. The minimum atomic E-state index is -3.95. The first-order chi connectivity index (χ1) is 11.3. The van der Waals surface area contributed by atoms with Crippen molar-refractivity contribution in [3.8, 4) is 0 Å². The van der Waals surface area contributed by atoms with E-state index in [0.717, 1.165) is 0 Å². The maximum Gasteiger partial charge on any atom is 0.262 e. The molecule has 2 aromatic rings. The Hall–Kier alpha value is -2.02. The lowest BCUT2D eigenvalue weighted by atomic mass is 10.2. The second-order valence-electron chi connectivity index (χ2n) is 4.73. The topological polar surface area (TPSA) is 75.3 Å². The van der Waals surface area contributed by atoms with Gasteiger partial charge in [0, 0.05) is 12.1 Å². The van der Waals surface area contributed by atoms with Crippen LogP contribution in [-0.2, 0) is 10.0 Å². The van der Waals surface area contributed by atoms with Crippen LogP contribution in [0.4, 0.5) is 5.69 Å². The number of halogens is 2. The highest BCUT2D eigenvalue weighted by atomic mass is 35.5. The van der Waals surface area contributed by atoms with E-state index < -0.39 is 15.9 Å². The molecule has 0 spiro atoms. The molecule has 0 aliphatic carbocycles. The van der Waals surface area contributed by atoms with Gasteiger partial charge in [0.05, 0.1) is 20.6 Å². The molecule has 0 radical (unpaired) electrons. The Bertz CT molecular complexity index is 862. The van der Waals surface area contributed by atoms with Crippen molar-refractivity contribution < 1.29 is 13.2 Å². The van der Waals surface area contributed by atoms with Crippen molar-refractivity contribution in [3.63, 3.8) is 0 Å². The van der Waals surface area contributed by atoms with Gasteiger partial charge in [-0.3, -0.25) is 9.52 Å². The Labute approximate surface area is 150 Å². The summed E-state index contributed by atoms with van der Waals surface area (Å²) in [6.45, 7) is 3.78. The van der Waals surface area contributed by atoms with Crippen LogP contribution in [0.1, 0.15) is 10.4 Å². The lowest BCUT2D eigenvalue weighted by Crippen LogP contribution is -2.23.